The average Bonchev–Trinajstić information content (AvgIpc) is 3.86. The Balaban J connectivity index is 1.37. The van der Waals surface area contributed by atoms with E-state index in [1.54, 1.807) is 59.1 Å². The first-order chi connectivity index (χ1) is 32.7. The second-order valence-corrected chi connectivity index (χ2v) is 28.0. The molecule has 5 rings (SSSR count). The van der Waals surface area contributed by atoms with Gasteiger partial charge in [-0.1, -0.05) is 55.0 Å². The van der Waals surface area contributed by atoms with E-state index in [-0.39, 0.29) is 50.5 Å². The summed E-state index contributed by atoms with van der Waals surface area (Å²) in [4.78, 5) is 39.7. The van der Waals surface area contributed by atoms with Crippen molar-refractivity contribution in [3.8, 4) is 17.6 Å². The molecule has 69 heavy (non-hydrogen) atoms. The summed E-state index contributed by atoms with van der Waals surface area (Å²) in [6.45, 7) is 19.7. The first-order valence-electron chi connectivity index (χ1n) is 22.9. The molecule has 0 aliphatic rings. The van der Waals surface area contributed by atoms with Crippen molar-refractivity contribution < 1.29 is 46.5 Å². The van der Waals surface area contributed by atoms with Crippen molar-refractivity contribution in [3.05, 3.63) is 80.8 Å². The van der Waals surface area contributed by atoms with Crippen molar-refractivity contribution >= 4 is 77.4 Å². The van der Waals surface area contributed by atoms with Gasteiger partial charge in [0.2, 0.25) is 0 Å². The van der Waals surface area contributed by atoms with E-state index in [0.717, 1.165) is 26.6 Å². The zero-order valence-corrected chi connectivity index (χ0v) is 45.1. The normalized spacial score (nSPS) is 12.2. The van der Waals surface area contributed by atoms with E-state index in [9.17, 15) is 14.2 Å². The summed E-state index contributed by atoms with van der Waals surface area (Å²) in [7, 11) is -1.80. The van der Waals surface area contributed by atoms with Gasteiger partial charge in [-0.3, -0.25) is 9.13 Å². The molecule has 374 valence electrons. The highest BCUT2D eigenvalue weighted by atomic mass is 32.1. The van der Waals surface area contributed by atoms with Crippen molar-refractivity contribution in [3.63, 3.8) is 0 Å². The van der Waals surface area contributed by atoms with Crippen LogP contribution < -0.4 is 14.4 Å². The van der Waals surface area contributed by atoms with Crippen LogP contribution >= 0.6 is 30.3 Å². The van der Waals surface area contributed by atoms with E-state index in [0.29, 0.717) is 59.8 Å². The average molecular weight is 1030 g/mol. The molecule has 21 heteroatoms. The van der Waals surface area contributed by atoms with E-state index >= 15 is 4.39 Å². The van der Waals surface area contributed by atoms with E-state index < -0.39 is 39.2 Å². The van der Waals surface area contributed by atoms with Crippen LogP contribution in [0, 0.1) is 24.6 Å². The predicted molar refractivity (Wildman–Crippen MR) is 273 cm³/mol. The second kappa shape index (κ2) is 25.2. The molecule has 0 unspecified atom stereocenters. The molecule has 0 aliphatic heterocycles. The molecule has 3 heterocycles. The molecule has 5 aromatic rings. The van der Waals surface area contributed by atoms with Crippen LogP contribution in [-0.2, 0) is 41.0 Å². The van der Waals surface area contributed by atoms with Crippen molar-refractivity contribution in [2.45, 2.75) is 98.8 Å². The van der Waals surface area contributed by atoms with Crippen LogP contribution in [-0.4, -0.2) is 110 Å². The van der Waals surface area contributed by atoms with Crippen LogP contribution in [0.25, 0.3) is 10.2 Å². The summed E-state index contributed by atoms with van der Waals surface area (Å²) >= 11 is 2.82. The maximum atomic E-state index is 15.1. The minimum Gasteiger partial charge on any atom is -0.491 e. The summed E-state index contributed by atoms with van der Waals surface area (Å²) in [5.74, 6) is 5.43. The van der Waals surface area contributed by atoms with Gasteiger partial charge in [0.15, 0.2) is 38.8 Å². The molecule has 16 nitrogen and oxygen atoms in total. The second-order valence-electron chi connectivity index (χ2n) is 18.1. The Labute approximate surface area is 413 Å². The van der Waals surface area contributed by atoms with Gasteiger partial charge < -0.3 is 37.8 Å². The van der Waals surface area contributed by atoms with Gasteiger partial charge in [-0.25, -0.2) is 19.0 Å². The minimum atomic E-state index is -3.39. The molecular weight excluding hydrogens is 961 g/mol. The van der Waals surface area contributed by atoms with Crippen LogP contribution in [0.1, 0.15) is 74.0 Å². The molecule has 0 atom stereocenters. The number of nitrogens with zero attached hydrogens (tertiary/aromatic N) is 7. The molecule has 0 N–H and O–H groups in total. The highest BCUT2D eigenvalue weighted by Crippen LogP contribution is 2.48. The first kappa shape index (κ1) is 54.9. The fraction of sp³-hybridized carbons (Fsp3) is 0.500. The van der Waals surface area contributed by atoms with E-state index in [1.165, 1.54) is 35.5 Å². The smallest absolute Gasteiger partial charge is 0.410 e. The largest absolute Gasteiger partial charge is 0.491 e. The summed E-state index contributed by atoms with van der Waals surface area (Å²) < 4.78 is 65.4. The molecular formula is C48H65FN7O9PS2Si. The Morgan fingerprint density at radius 3 is 2.41 bits per heavy atom. The molecule has 2 aromatic carbocycles. The lowest BCUT2D eigenvalue weighted by Crippen LogP contribution is -2.34. The van der Waals surface area contributed by atoms with Crippen LogP contribution in [0.2, 0.25) is 25.7 Å². The molecule has 0 fully saturated rings. The SMILES string of the molecule is CCOP(=O)(CCCN(c1cc(C)c(/N=c2\sc3ccccc3n2COCC[Si](C)(C)C)nn1)c1nc(C(=O)OC)c(CCCOc2ccc(C#CCN(C)C(=O)OC(C)(C)C)cc2F)s1)OCC. The number of methoxy groups -OCH3 is 1. The standard InChI is InChI=1S/C48H65FN7O9PS2Si/c1-12-63-66(59,64-13-2)29-18-26-55(41-31-34(3)43(53-52-41)51-46-56(33-61-28-30-69(9,10)11)37-20-14-15-21-39(37)67-46)45-50-42(44(57)60-8)40(68-45)22-17-27-62-38-24-23-35(32-36(38)49)19-16-25-54(7)47(58)65-48(4,5)6/h14-15,20-21,23-24,31-32H,12-13,17-18,22,25-30,33H2,1-11H3/b51-46-. The van der Waals surface area contributed by atoms with E-state index in [4.69, 9.17) is 38.0 Å². The molecule has 1 amide bonds. The molecule has 3 aromatic heterocycles. The number of aromatic nitrogens is 4. The number of amides is 1. The number of fused-ring (bicyclic) bond motifs is 1. The summed E-state index contributed by atoms with van der Waals surface area (Å²) in [5, 5.41) is 9.68. The zero-order valence-electron chi connectivity index (χ0n) is 41.6. The topological polar surface area (TPSA) is 169 Å². The van der Waals surface area contributed by atoms with Gasteiger partial charge >= 0.3 is 19.7 Å². The van der Waals surface area contributed by atoms with Gasteiger partial charge in [0.05, 0.1) is 49.9 Å². The third kappa shape index (κ3) is 16.6. The quantitative estimate of drug-likeness (QED) is 0.0199. The van der Waals surface area contributed by atoms with Gasteiger partial charge in [0.25, 0.3) is 0 Å². The summed E-state index contributed by atoms with van der Waals surface area (Å²) in [6.07, 6.45) is 0.751. The van der Waals surface area contributed by atoms with Gasteiger partial charge in [0, 0.05) is 38.7 Å². The highest BCUT2D eigenvalue weighted by molar-refractivity contribution is 7.53. The number of anilines is 2. The van der Waals surface area contributed by atoms with Crippen molar-refractivity contribution in [2.24, 2.45) is 4.99 Å². The Morgan fingerprint density at radius 2 is 1.74 bits per heavy atom. The number of esters is 1. The lowest BCUT2D eigenvalue weighted by atomic mass is 10.2. The number of ether oxygens (including phenoxy) is 4. The van der Waals surface area contributed by atoms with Gasteiger partial charge in [-0.15, -0.1) is 21.5 Å². The lowest BCUT2D eigenvalue weighted by Gasteiger charge is -2.23. The summed E-state index contributed by atoms with van der Waals surface area (Å²) in [6, 6.07) is 15.4. The third-order valence-corrected chi connectivity index (χ3v) is 16.1. The molecule has 0 saturated carbocycles. The number of halogens is 1. The third-order valence-electron chi connectivity index (χ3n) is 9.98. The van der Waals surface area contributed by atoms with E-state index in [2.05, 4.69) is 58.4 Å². The lowest BCUT2D eigenvalue weighted by molar-refractivity contribution is 0.0320. The monoisotopic (exact) mass is 1030 g/mol. The Kier molecular flexibility index (Phi) is 20.1. The number of thiazole rings is 2. The van der Waals surface area contributed by atoms with Crippen LogP contribution in [0.4, 0.5) is 26.0 Å². The van der Waals surface area contributed by atoms with Crippen molar-refractivity contribution in [2.75, 3.05) is 64.7 Å². The van der Waals surface area contributed by atoms with E-state index in [1.807, 2.05) is 30.0 Å². The Morgan fingerprint density at radius 1 is 1.00 bits per heavy atom. The molecule has 0 bridgehead atoms. The molecule has 0 spiro atoms. The van der Waals surface area contributed by atoms with Crippen LogP contribution in [0.3, 0.4) is 0 Å². The van der Waals surface area contributed by atoms with Gasteiger partial charge in [0.1, 0.15) is 12.3 Å². The summed E-state index contributed by atoms with van der Waals surface area (Å²) in [5.41, 5.74) is 1.66. The fourth-order valence-corrected chi connectivity index (χ4v) is 11.1. The molecule has 0 aliphatic carbocycles. The van der Waals surface area contributed by atoms with Crippen LogP contribution in [0.5, 0.6) is 5.75 Å². The number of benzene rings is 2. The zero-order chi connectivity index (χ0) is 50.4. The molecule has 0 saturated heterocycles. The number of hydrogen-bond donors (Lipinski definition) is 0. The highest BCUT2D eigenvalue weighted by Gasteiger charge is 2.27. The van der Waals surface area contributed by atoms with Crippen molar-refractivity contribution in [1.29, 1.82) is 0 Å². The number of rotatable bonds is 23. The molecule has 0 radical (unpaired) electrons. The number of para-hydroxylation sites is 1. The van der Waals surface area contributed by atoms with Crippen LogP contribution in [0.15, 0.2) is 53.5 Å². The number of carbonyl (C=O) groups is 2. The maximum Gasteiger partial charge on any atom is 0.410 e. The minimum absolute atomic E-state index is 0.0456. The predicted octanol–water partition coefficient (Wildman–Crippen LogP) is 10.8. The number of hydrogen-bond acceptors (Lipinski definition) is 16. The Bertz CT molecular complexity index is 2710. The first-order valence-corrected chi connectivity index (χ1v) is 29.9. The van der Waals surface area contributed by atoms with Gasteiger partial charge in [-0.05, 0) is 109 Å². The van der Waals surface area contributed by atoms with Crippen molar-refractivity contribution in [1.82, 2.24) is 24.6 Å². The Hall–Kier alpha value is -5.00. The van der Waals surface area contributed by atoms with Gasteiger partial charge in [-0.2, -0.15) is 4.99 Å². The maximum absolute atomic E-state index is 15.1. The number of aryl methyl sites for hydroxylation is 2. The fourth-order valence-electron chi connectivity index (χ4n) is 6.51. The number of carbonyl (C=O) groups excluding carboxylic acids is 2.